The van der Waals surface area contributed by atoms with Gasteiger partial charge in [0.2, 0.25) is 17.7 Å². The lowest BCUT2D eigenvalue weighted by atomic mass is 9.97. The number of amides is 3. The van der Waals surface area contributed by atoms with E-state index in [0.29, 0.717) is 6.42 Å². The molecular weight excluding hydrogens is 444 g/mol. The molecule has 1 aromatic rings. The first kappa shape index (κ1) is 28.4. The van der Waals surface area contributed by atoms with Gasteiger partial charge in [-0.15, -0.1) is 0 Å². The Balaban J connectivity index is 3.06. The summed E-state index contributed by atoms with van der Waals surface area (Å²) in [4.78, 5) is 49.9. The normalized spacial score (nSPS) is 15.6. The SMILES string of the molecule is CCC(C)C(N)C(=O)NC(C(=O)NC(Cc1ccccc1)C(=O)NC(CS)C(=O)O)C(C)C. The van der Waals surface area contributed by atoms with Gasteiger partial charge in [-0.2, -0.15) is 12.6 Å². The molecule has 33 heavy (non-hydrogen) atoms. The Morgan fingerprint density at radius 3 is 2.00 bits per heavy atom. The van der Waals surface area contributed by atoms with Gasteiger partial charge in [-0.05, 0) is 17.4 Å². The number of hydrogen-bond donors (Lipinski definition) is 6. The minimum Gasteiger partial charge on any atom is -0.480 e. The average Bonchev–Trinajstić information content (AvgIpc) is 2.79. The number of thiol groups is 1. The molecule has 5 atom stereocenters. The number of carboxylic acid groups (broad SMARTS) is 1. The number of aliphatic carboxylic acids is 1. The van der Waals surface area contributed by atoms with Crippen LogP contribution in [0.5, 0.6) is 0 Å². The van der Waals surface area contributed by atoms with Crippen LogP contribution >= 0.6 is 12.6 Å². The maximum Gasteiger partial charge on any atom is 0.327 e. The molecule has 0 aromatic heterocycles. The molecule has 6 N–H and O–H groups in total. The van der Waals surface area contributed by atoms with Gasteiger partial charge in [0.05, 0.1) is 6.04 Å². The zero-order valence-corrected chi connectivity index (χ0v) is 20.5. The Hall–Kier alpha value is -2.59. The summed E-state index contributed by atoms with van der Waals surface area (Å²) in [6.07, 6.45) is 0.852. The van der Waals surface area contributed by atoms with Crippen molar-refractivity contribution in [2.24, 2.45) is 17.6 Å². The molecule has 0 aliphatic rings. The van der Waals surface area contributed by atoms with Crippen LogP contribution in [-0.2, 0) is 25.6 Å². The lowest BCUT2D eigenvalue weighted by Crippen LogP contribution is -2.59. The summed E-state index contributed by atoms with van der Waals surface area (Å²) < 4.78 is 0. The van der Waals surface area contributed by atoms with Crippen LogP contribution in [0.2, 0.25) is 0 Å². The highest BCUT2D eigenvalue weighted by Crippen LogP contribution is 2.10. The number of hydrogen-bond acceptors (Lipinski definition) is 6. The van der Waals surface area contributed by atoms with E-state index in [1.165, 1.54) is 0 Å². The molecule has 1 aromatic carbocycles. The van der Waals surface area contributed by atoms with Gasteiger partial charge < -0.3 is 26.8 Å². The molecule has 5 unspecified atom stereocenters. The second-order valence-corrected chi connectivity index (χ2v) is 8.84. The smallest absolute Gasteiger partial charge is 0.327 e. The molecule has 0 spiro atoms. The van der Waals surface area contributed by atoms with E-state index in [2.05, 4.69) is 28.6 Å². The lowest BCUT2D eigenvalue weighted by Gasteiger charge is -2.27. The molecule has 0 fully saturated rings. The molecule has 0 radical (unpaired) electrons. The Kier molecular flexibility index (Phi) is 11.9. The third kappa shape index (κ3) is 9.05. The van der Waals surface area contributed by atoms with Gasteiger partial charge in [-0.3, -0.25) is 14.4 Å². The van der Waals surface area contributed by atoms with Crippen LogP contribution < -0.4 is 21.7 Å². The minimum absolute atomic E-state index is 0.0633. The first-order valence-electron chi connectivity index (χ1n) is 11.1. The van der Waals surface area contributed by atoms with Gasteiger partial charge in [0, 0.05) is 12.2 Å². The van der Waals surface area contributed by atoms with Crippen LogP contribution in [0.1, 0.15) is 39.7 Å². The topological polar surface area (TPSA) is 151 Å². The third-order valence-corrected chi connectivity index (χ3v) is 5.88. The van der Waals surface area contributed by atoms with Gasteiger partial charge in [0.25, 0.3) is 0 Å². The van der Waals surface area contributed by atoms with Gasteiger partial charge in [-0.25, -0.2) is 4.79 Å². The second-order valence-electron chi connectivity index (χ2n) is 8.47. The summed E-state index contributed by atoms with van der Waals surface area (Å²) in [7, 11) is 0. The molecule has 184 valence electrons. The van der Waals surface area contributed by atoms with Gasteiger partial charge in [0.15, 0.2) is 0 Å². The van der Waals surface area contributed by atoms with Crippen molar-refractivity contribution < 1.29 is 24.3 Å². The molecule has 0 aliphatic heterocycles. The zero-order chi connectivity index (χ0) is 25.1. The molecule has 0 saturated heterocycles. The largest absolute Gasteiger partial charge is 0.480 e. The monoisotopic (exact) mass is 480 g/mol. The van der Waals surface area contributed by atoms with Crippen LogP contribution in [0.4, 0.5) is 0 Å². The van der Waals surface area contributed by atoms with Crippen molar-refractivity contribution >= 4 is 36.3 Å². The fraction of sp³-hybridized carbons (Fsp3) is 0.565. The van der Waals surface area contributed by atoms with Crippen molar-refractivity contribution in [2.45, 2.75) is 64.7 Å². The van der Waals surface area contributed by atoms with Crippen molar-refractivity contribution in [1.29, 1.82) is 0 Å². The third-order valence-electron chi connectivity index (χ3n) is 5.52. The van der Waals surface area contributed by atoms with E-state index in [-0.39, 0.29) is 24.0 Å². The Morgan fingerprint density at radius 1 is 0.939 bits per heavy atom. The number of benzene rings is 1. The molecule has 3 amide bonds. The number of carboxylic acids is 1. The van der Waals surface area contributed by atoms with E-state index in [9.17, 15) is 24.3 Å². The van der Waals surface area contributed by atoms with E-state index >= 15 is 0 Å². The summed E-state index contributed by atoms with van der Waals surface area (Å²) in [6, 6.07) is 5.08. The maximum absolute atomic E-state index is 13.1. The molecular formula is C23H36N4O5S. The van der Waals surface area contributed by atoms with Crippen LogP contribution in [0, 0.1) is 11.8 Å². The second kappa shape index (κ2) is 13.8. The predicted molar refractivity (Wildman–Crippen MR) is 130 cm³/mol. The van der Waals surface area contributed by atoms with Gasteiger partial charge in [0.1, 0.15) is 18.1 Å². The molecule has 10 heteroatoms. The molecule has 0 saturated carbocycles. The number of carbonyl (C=O) groups is 4. The fourth-order valence-corrected chi connectivity index (χ4v) is 3.32. The first-order chi connectivity index (χ1) is 15.5. The van der Waals surface area contributed by atoms with E-state index in [1.54, 1.807) is 38.1 Å². The van der Waals surface area contributed by atoms with E-state index < -0.39 is 47.9 Å². The van der Waals surface area contributed by atoms with Crippen LogP contribution in [0.25, 0.3) is 0 Å². The highest BCUT2D eigenvalue weighted by Gasteiger charge is 2.32. The van der Waals surface area contributed by atoms with E-state index in [1.807, 2.05) is 19.9 Å². The molecule has 0 heterocycles. The standard InChI is InChI=1S/C23H36N4O5S/c1-5-14(4)18(24)21(29)27-19(13(2)3)22(30)25-16(11-15-9-7-6-8-10-15)20(28)26-17(12-33)23(31)32/h6-10,13-14,16-19,33H,5,11-12,24H2,1-4H3,(H,25,30)(H,26,28)(H,27,29)(H,31,32). The molecule has 1 rings (SSSR count). The van der Waals surface area contributed by atoms with Crippen molar-refractivity contribution in [3.8, 4) is 0 Å². The number of carbonyl (C=O) groups excluding carboxylic acids is 3. The fourth-order valence-electron chi connectivity index (χ4n) is 3.08. The van der Waals surface area contributed by atoms with E-state index in [0.717, 1.165) is 5.56 Å². The van der Waals surface area contributed by atoms with Crippen LogP contribution in [-0.4, -0.2) is 58.7 Å². The highest BCUT2D eigenvalue weighted by atomic mass is 32.1. The quantitative estimate of drug-likeness (QED) is 0.229. The maximum atomic E-state index is 13.1. The zero-order valence-electron chi connectivity index (χ0n) is 19.6. The van der Waals surface area contributed by atoms with E-state index in [4.69, 9.17) is 5.73 Å². The lowest BCUT2D eigenvalue weighted by molar-refractivity contribution is -0.141. The minimum atomic E-state index is -1.23. The highest BCUT2D eigenvalue weighted by molar-refractivity contribution is 7.80. The van der Waals surface area contributed by atoms with Crippen molar-refractivity contribution in [3.63, 3.8) is 0 Å². The van der Waals surface area contributed by atoms with Crippen LogP contribution in [0.15, 0.2) is 30.3 Å². The Labute approximate surface area is 200 Å². The summed E-state index contributed by atoms with van der Waals surface area (Å²) in [5.41, 5.74) is 6.78. The summed E-state index contributed by atoms with van der Waals surface area (Å²) in [5, 5.41) is 17.0. The Morgan fingerprint density at radius 2 is 1.52 bits per heavy atom. The number of rotatable bonds is 13. The Bertz CT molecular complexity index is 805. The predicted octanol–water partition coefficient (Wildman–Crippen LogP) is 0.727. The summed E-state index contributed by atoms with van der Waals surface area (Å²) in [5.74, 6) is -3.32. The molecule has 0 bridgehead atoms. The number of nitrogens with two attached hydrogens (primary N) is 1. The molecule has 0 aliphatic carbocycles. The number of nitrogens with one attached hydrogen (secondary N) is 3. The summed E-state index contributed by atoms with van der Waals surface area (Å²) in [6.45, 7) is 7.32. The first-order valence-corrected chi connectivity index (χ1v) is 11.7. The van der Waals surface area contributed by atoms with Crippen molar-refractivity contribution in [2.75, 3.05) is 5.75 Å². The van der Waals surface area contributed by atoms with Crippen LogP contribution in [0.3, 0.4) is 0 Å². The van der Waals surface area contributed by atoms with Gasteiger partial charge >= 0.3 is 5.97 Å². The van der Waals surface area contributed by atoms with Crippen molar-refractivity contribution in [1.82, 2.24) is 16.0 Å². The molecule has 9 nitrogen and oxygen atoms in total. The average molecular weight is 481 g/mol. The summed E-state index contributed by atoms with van der Waals surface area (Å²) >= 11 is 3.97. The van der Waals surface area contributed by atoms with Crippen molar-refractivity contribution in [3.05, 3.63) is 35.9 Å². The van der Waals surface area contributed by atoms with Gasteiger partial charge in [-0.1, -0.05) is 64.4 Å².